The summed E-state index contributed by atoms with van der Waals surface area (Å²) in [4.78, 5) is 32.9. The van der Waals surface area contributed by atoms with E-state index in [-0.39, 0.29) is 17.9 Å². The van der Waals surface area contributed by atoms with Gasteiger partial charge in [0.05, 0.1) is 18.4 Å². The molecule has 1 N–H and O–H groups in total. The van der Waals surface area contributed by atoms with Crippen LogP contribution in [0.1, 0.15) is 42.5 Å². The lowest BCUT2D eigenvalue weighted by Gasteiger charge is -2.34. The third-order valence-corrected chi connectivity index (χ3v) is 6.78. The lowest BCUT2D eigenvalue weighted by molar-refractivity contribution is -0.120. The molecule has 33 heavy (non-hydrogen) atoms. The van der Waals surface area contributed by atoms with Crippen LogP contribution in [0.2, 0.25) is 0 Å². The molecule has 0 radical (unpaired) electrons. The summed E-state index contributed by atoms with van der Waals surface area (Å²) < 4.78 is 7.09. The van der Waals surface area contributed by atoms with Crippen molar-refractivity contribution in [3.05, 3.63) is 66.7 Å². The van der Waals surface area contributed by atoms with E-state index in [0.717, 1.165) is 31.4 Å². The van der Waals surface area contributed by atoms with Gasteiger partial charge in [-0.1, -0.05) is 25.0 Å². The number of amides is 2. The molecule has 170 valence electrons. The Balaban J connectivity index is 1.39. The topological polar surface area (TPSA) is 89.4 Å². The number of hydrogen-bond acceptors (Lipinski definition) is 5. The molecule has 8 nitrogen and oxygen atoms in total. The lowest BCUT2D eigenvalue weighted by atomic mass is 9.84. The molecule has 0 bridgehead atoms. The first-order chi connectivity index (χ1) is 16.2. The number of ether oxygens (including phenoxy) is 1. The zero-order chi connectivity index (χ0) is 22.8. The molecule has 5 rings (SSSR count). The first-order valence-electron chi connectivity index (χ1n) is 11.4. The van der Waals surface area contributed by atoms with E-state index < -0.39 is 6.04 Å². The maximum Gasteiger partial charge on any atom is 0.258 e. The number of aromatic nitrogens is 3. The van der Waals surface area contributed by atoms with Gasteiger partial charge in [-0.3, -0.25) is 9.59 Å². The van der Waals surface area contributed by atoms with E-state index in [1.165, 1.54) is 6.33 Å². The van der Waals surface area contributed by atoms with Gasteiger partial charge in [0, 0.05) is 11.7 Å². The molecule has 2 heterocycles. The molecule has 1 aliphatic carbocycles. The molecule has 0 unspecified atom stereocenters. The highest BCUT2D eigenvalue weighted by atomic mass is 16.5. The Labute approximate surface area is 192 Å². The molecule has 1 saturated heterocycles. The van der Waals surface area contributed by atoms with Gasteiger partial charge < -0.3 is 15.0 Å². The van der Waals surface area contributed by atoms with Crippen LogP contribution in [-0.4, -0.2) is 50.7 Å². The first-order valence-corrected chi connectivity index (χ1v) is 11.4. The molecular formula is C25H27N5O3. The summed E-state index contributed by atoms with van der Waals surface area (Å²) in [5, 5.41) is 7.14. The van der Waals surface area contributed by atoms with Gasteiger partial charge in [-0.25, -0.2) is 9.67 Å². The standard InChI is InChI=1S/C25H27N5O3/c1-33-23-9-5-3-7-20(23)25(32)30-21-8-4-2-6-17(21)14-22(30)24(31)28-18-10-12-19(13-11-18)29-16-26-15-27-29/h3,5,7,9-13,15-17,21-22H,2,4,6,8,14H2,1H3,(H,28,31)/t17-,21+,22+/m1/s1. The van der Waals surface area contributed by atoms with Crippen LogP contribution in [0.3, 0.4) is 0 Å². The number of rotatable bonds is 5. The zero-order valence-electron chi connectivity index (χ0n) is 18.6. The summed E-state index contributed by atoms with van der Waals surface area (Å²) in [7, 11) is 1.56. The van der Waals surface area contributed by atoms with Gasteiger partial charge in [0.15, 0.2) is 0 Å². The maximum absolute atomic E-state index is 13.7. The SMILES string of the molecule is COc1ccccc1C(=O)N1[C@H](C(=O)Nc2ccc(-n3cncn3)cc2)C[C@H]2CCCC[C@@H]21. The number of fused-ring (bicyclic) bond motifs is 1. The Kier molecular flexibility index (Phi) is 5.81. The normalized spacial score (nSPS) is 22.0. The molecule has 2 aromatic carbocycles. The van der Waals surface area contributed by atoms with Crippen molar-refractivity contribution in [3.8, 4) is 11.4 Å². The molecule has 1 saturated carbocycles. The van der Waals surface area contributed by atoms with Crippen molar-refractivity contribution in [1.82, 2.24) is 19.7 Å². The Bertz CT molecular complexity index is 1130. The lowest BCUT2D eigenvalue weighted by Crippen LogP contribution is -2.47. The number of benzene rings is 2. The number of anilines is 1. The number of nitrogens with one attached hydrogen (secondary N) is 1. The Morgan fingerprint density at radius 2 is 1.85 bits per heavy atom. The molecule has 3 aromatic rings. The molecule has 3 atom stereocenters. The predicted molar refractivity (Wildman–Crippen MR) is 123 cm³/mol. The van der Waals surface area contributed by atoms with Crippen molar-refractivity contribution in [2.45, 2.75) is 44.2 Å². The average Bonchev–Trinajstić information content (AvgIpc) is 3.52. The van der Waals surface area contributed by atoms with Crippen molar-refractivity contribution >= 4 is 17.5 Å². The molecule has 2 aliphatic rings. The van der Waals surface area contributed by atoms with Crippen molar-refractivity contribution in [1.29, 1.82) is 0 Å². The molecule has 2 fully saturated rings. The quantitative estimate of drug-likeness (QED) is 0.647. The first kappa shape index (κ1) is 21.2. The summed E-state index contributed by atoms with van der Waals surface area (Å²) in [6, 6.07) is 14.2. The van der Waals surface area contributed by atoms with Gasteiger partial charge in [-0.2, -0.15) is 5.10 Å². The van der Waals surface area contributed by atoms with E-state index in [9.17, 15) is 9.59 Å². The fraction of sp³-hybridized carbons (Fsp3) is 0.360. The third-order valence-electron chi connectivity index (χ3n) is 6.78. The Hall–Kier alpha value is -3.68. The van der Waals surface area contributed by atoms with Crippen LogP contribution in [0.5, 0.6) is 5.75 Å². The largest absolute Gasteiger partial charge is 0.496 e. The van der Waals surface area contributed by atoms with Gasteiger partial charge in [0.25, 0.3) is 5.91 Å². The predicted octanol–water partition coefficient (Wildman–Crippen LogP) is 3.69. The van der Waals surface area contributed by atoms with Gasteiger partial charge in [0.1, 0.15) is 24.4 Å². The van der Waals surface area contributed by atoms with E-state index in [0.29, 0.717) is 29.3 Å². The number of methoxy groups -OCH3 is 1. The minimum absolute atomic E-state index is 0.0848. The molecule has 8 heteroatoms. The van der Waals surface area contributed by atoms with E-state index in [1.807, 2.05) is 41.3 Å². The van der Waals surface area contributed by atoms with E-state index in [2.05, 4.69) is 15.4 Å². The van der Waals surface area contributed by atoms with E-state index >= 15 is 0 Å². The molecule has 0 spiro atoms. The van der Waals surface area contributed by atoms with Crippen LogP contribution in [0.15, 0.2) is 61.2 Å². The number of nitrogens with zero attached hydrogens (tertiary/aromatic N) is 4. The van der Waals surface area contributed by atoms with Crippen LogP contribution in [0.4, 0.5) is 5.69 Å². The second-order valence-electron chi connectivity index (χ2n) is 8.65. The van der Waals surface area contributed by atoms with Gasteiger partial charge in [-0.05, 0) is 61.6 Å². The summed E-state index contributed by atoms with van der Waals surface area (Å²) >= 11 is 0. The van der Waals surface area contributed by atoms with E-state index in [4.69, 9.17) is 4.74 Å². The maximum atomic E-state index is 13.7. The van der Waals surface area contributed by atoms with Crippen LogP contribution < -0.4 is 10.1 Å². The Morgan fingerprint density at radius 3 is 2.61 bits per heavy atom. The highest BCUT2D eigenvalue weighted by Gasteiger charge is 2.48. The van der Waals surface area contributed by atoms with Gasteiger partial charge in [0.2, 0.25) is 5.91 Å². The number of carbonyl (C=O) groups excluding carboxylic acids is 2. The van der Waals surface area contributed by atoms with Crippen LogP contribution >= 0.6 is 0 Å². The fourth-order valence-electron chi connectivity index (χ4n) is 5.21. The van der Waals surface area contributed by atoms with Gasteiger partial charge >= 0.3 is 0 Å². The monoisotopic (exact) mass is 445 g/mol. The molecule has 2 amide bonds. The Morgan fingerprint density at radius 1 is 1.06 bits per heavy atom. The molecule has 1 aliphatic heterocycles. The number of para-hydroxylation sites is 1. The van der Waals surface area contributed by atoms with Crippen molar-refractivity contribution in [3.63, 3.8) is 0 Å². The number of carbonyl (C=O) groups is 2. The van der Waals surface area contributed by atoms with Crippen molar-refractivity contribution < 1.29 is 14.3 Å². The summed E-state index contributed by atoms with van der Waals surface area (Å²) in [6.45, 7) is 0. The molecular weight excluding hydrogens is 418 g/mol. The highest BCUT2D eigenvalue weighted by Crippen LogP contribution is 2.41. The van der Waals surface area contributed by atoms with Crippen LogP contribution in [-0.2, 0) is 4.79 Å². The highest BCUT2D eigenvalue weighted by molar-refractivity contribution is 6.03. The second kappa shape index (κ2) is 9.05. The minimum Gasteiger partial charge on any atom is -0.496 e. The van der Waals surface area contributed by atoms with Crippen molar-refractivity contribution in [2.75, 3.05) is 12.4 Å². The summed E-state index contributed by atoms with van der Waals surface area (Å²) in [5.74, 6) is 0.595. The smallest absolute Gasteiger partial charge is 0.258 e. The number of likely N-dealkylation sites (tertiary alicyclic amines) is 1. The summed E-state index contributed by atoms with van der Waals surface area (Å²) in [5.41, 5.74) is 2.04. The van der Waals surface area contributed by atoms with Crippen molar-refractivity contribution in [2.24, 2.45) is 5.92 Å². The average molecular weight is 446 g/mol. The minimum atomic E-state index is -0.509. The second-order valence-corrected chi connectivity index (χ2v) is 8.65. The third kappa shape index (κ3) is 4.08. The molecule has 1 aromatic heterocycles. The van der Waals surface area contributed by atoms with Crippen LogP contribution in [0.25, 0.3) is 5.69 Å². The number of hydrogen-bond donors (Lipinski definition) is 1. The van der Waals surface area contributed by atoms with Gasteiger partial charge in [-0.15, -0.1) is 0 Å². The summed E-state index contributed by atoms with van der Waals surface area (Å²) in [6.07, 6.45) is 8.00. The fourth-order valence-corrected chi connectivity index (χ4v) is 5.21. The van der Waals surface area contributed by atoms with E-state index in [1.54, 1.807) is 30.3 Å². The zero-order valence-corrected chi connectivity index (χ0v) is 18.6. The van der Waals surface area contributed by atoms with Crippen LogP contribution in [0, 0.1) is 5.92 Å².